The van der Waals surface area contributed by atoms with E-state index in [1.165, 1.54) is 6.07 Å². The number of halogens is 2. The number of hydrogen-bond donors (Lipinski definition) is 1. The highest BCUT2D eigenvalue weighted by atomic mass is 32.2. The zero-order valence-electron chi connectivity index (χ0n) is 5.96. The highest BCUT2D eigenvalue weighted by Crippen LogP contribution is 2.09. The van der Waals surface area contributed by atoms with Gasteiger partial charge in [0, 0.05) is 0 Å². The average Bonchev–Trinajstić information content (AvgIpc) is 1.96. The van der Waals surface area contributed by atoms with Crippen molar-refractivity contribution in [1.29, 1.82) is 0 Å². The van der Waals surface area contributed by atoms with E-state index in [0.717, 1.165) is 12.1 Å². The van der Waals surface area contributed by atoms with E-state index in [-0.39, 0.29) is 5.75 Å². The molecule has 1 atom stereocenters. The van der Waals surface area contributed by atoms with Crippen LogP contribution in [0, 0.1) is 11.6 Å². The fraction of sp³-hybridized carbons (Fsp3) is 0.143. The van der Waals surface area contributed by atoms with Gasteiger partial charge < -0.3 is 4.55 Å². The predicted octanol–water partition coefficient (Wildman–Crippen LogP) is 1.69. The monoisotopic (exact) mass is 192 g/mol. The number of rotatable bonds is 2. The summed E-state index contributed by atoms with van der Waals surface area (Å²) < 4.78 is 43.5. The lowest BCUT2D eigenvalue weighted by Gasteiger charge is -1.97. The van der Waals surface area contributed by atoms with E-state index < -0.39 is 22.7 Å². The summed E-state index contributed by atoms with van der Waals surface area (Å²) in [5.74, 6) is -2.14. The van der Waals surface area contributed by atoms with Gasteiger partial charge in [-0.1, -0.05) is 6.07 Å². The summed E-state index contributed by atoms with van der Waals surface area (Å²) in [7, 11) is 0. The van der Waals surface area contributed by atoms with Crippen LogP contribution >= 0.6 is 0 Å². The van der Waals surface area contributed by atoms with Crippen LogP contribution in [0.4, 0.5) is 8.78 Å². The molecule has 0 aliphatic carbocycles. The molecule has 0 aromatic heterocycles. The van der Waals surface area contributed by atoms with Gasteiger partial charge >= 0.3 is 0 Å². The number of hydrogen-bond acceptors (Lipinski definition) is 1. The third kappa shape index (κ3) is 2.35. The largest absolute Gasteiger partial charge is 0.306 e. The lowest BCUT2D eigenvalue weighted by atomic mass is 10.2. The molecular weight excluding hydrogens is 186 g/mol. The summed E-state index contributed by atoms with van der Waals surface area (Å²) in [6, 6.07) is 3.10. The maximum atomic E-state index is 12.5. The molecule has 0 fully saturated rings. The molecule has 0 bridgehead atoms. The Morgan fingerprint density at radius 2 is 2.00 bits per heavy atom. The first kappa shape index (κ1) is 9.28. The summed E-state index contributed by atoms with van der Waals surface area (Å²) in [5, 5.41) is 0. The molecule has 0 saturated heterocycles. The molecule has 1 rings (SSSR count). The molecule has 0 spiro atoms. The predicted molar refractivity (Wildman–Crippen MR) is 40.8 cm³/mol. The van der Waals surface area contributed by atoms with Crippen LogP contribution in [0.1, 0.15) is 5.56 Å². The van der Waals surface area contributed by atoms with E-state index in [4.69, 9.17) is 4.55 Å². The molecule has 66 valence electrons. The SMILES string of the molecule is O=S(O)Cc1ccc(F)c(F)c1. The van der Waals surface area contributed by atoms with Crippen LogP contribution in [0.2, 0.25) is 0 Å². The van der Waals surface area contributed by atoms with Gasteiger partial charge in [0.2, 0.25) is 0 Å². The first-order valence-corrected chi connectivity index (χ1v) is 4.38. The molecule has 0 aliphatic rings. The maximum absolute atomic E-state index is 12.5. The van der Waals surface area contributed by atoms with E-state index in [1.54, 1.807) is 0 Å². The number of benzene rings is 1. The van der Waals surface area contributed by atoms with Crippen molar-refractivity contribution in [2.24, 2.45) is 0 Å². The van der Waals surface area contributed by atoms with Crippen molar-refractivity contribution in [3.05, 3.63) is 35.4 Å². The van der Waals surface area contributed by atoms with Gasteiger partial charge in [0.15, 0.2) is 22.7 Å². The van der Waals surface area contributed by atoms with Gasteiger partial charge in [-0.2, -0.15) is 0 Å². The minimum atomic E-state index is -2.02. The van der Waals surface area contributed by atoms with Crippen molar-refractivity contribution in [3.63, 3.8) is 0 Å². The highest BCUT2D eigenvalue weighted by molar-refractivity contribution is 7.78. The van der Waals surface area contributed by atoms with Crippen molar-refractivity contribution in [2.45, 2.75) is 5.75 Å². The summed E-state index contributed by atoms with van der Waals surface area (Å²) in [5.41, 5.74) is 0.301. The van der Waals surface area contributed by atoms with E-state index in [2.05, 4.69) is 0 Å². The van der Waals surface area contributed by atoms with Crippen molar-refractivity contribution in [1.82, 2.24) is 0 Å². The molecule has 0 heterocycles. The third-order valence-corrected chi connectivity index (χ3v) is 1.85. The molecule has 0 amide bonds. The quantitative estimate of drug-likeness (QED) is 0.724. The van der Waals surface area contributed by atoms with Crippen molar-refractivity contribution in [3.8, 4) is 0 Å². The molecule has 5 heteroatoms. The average molecular weight is 192 g/mol. The smallest absolute Gasteiger partial charge is 0.159 e. The molecule has 0 radical (unpaired) electrons. The molecule has 1 N–H and O–H groups in total. The van der Waals surface area contributed by atoms with Gasteiger partial charge in [0.1, 0.15) is 0 Å². The van der Waals surface area contributed by atoms with Crippen LogP contribution < -0.4 is 0 Å². The Morgan fingerprint density at radius 3 is 2.50 bits per heavy atom. The van der Waals surface area contributed by atoms with Crippen LogP contribution in [0.3, 0.4) is 0 Å². The Morgan fingerprint density at radius 1 is 1.33 bits per heavy atom. The summed E-state index contributed by atoms with van der Waals surface area (Å²) in [6.45, 7) is 0. The van der Waals surface area contributed by atoms with Gasteiger partial charge in [0.25, 0.3) is 0 Å². The summed E-state index contributed by atoms with van der Waals surface area (Å²) >= 11 is -2.02. The fourth-order valence-electron chi connectivity index (χ4n) is 0.772. The standard InChI is InChI=1S/C7H6F2O2S/c8-6-2-1-5(3-7(6)9)4-12(10)11/h1-3H,4H2,(H,10,11). The highest BCUT2D eigenvalue weighted by Gasteiger charge is 2.03. The van der Waals surface area contributed by atoms with Gasteiger partial charge in [-0.05, 0) is 17.7 Å². The van der Waals surface area contributed by atoms with Gasteiger partial charge in [0.05, 0.1) is 5.75 Å². The Labute approximate surface area is 70.5 Å². The van der Waals surface area contributed by atoms with E-state index in [1.807, 2.05) is 0 Å². The second kappa shape index (κ2) is 3.73. The first-order valence-electron chi connectivity index (χ1n) is 3.11. The lowest BCUT2D eigenvalue weighted by Crippen LogP contribution is -1.94. The Kier molecular flexibility index (Phi) is 2.88. The minimum absolute atomic E-state index is 0.183. The van der Waals surface area contributed by atoms with Gasteiger partial charge in [-0.3, -0.25) is 0 Å². The van der Waals surface area contributed by atoms with Crippen LogP contribution in [-0.2, 0) is 16.8 Å². The van der Waals surface area contributed by atoms with E-state index in [0.29, 0.717) is 5.56 Å². The molecular formula is C7H6F2O2S. The van der Waals surface area contributed by atoms with Gasteiger partial charge in [-0.25, -0.2) is 13.0 Å². The van der Waals surface area contributed by atoms with Crippen LogP contribution in [0.25, 0.3) is 0 Å². The molecule has 2 nitrogen and oxygen atoms in total. The molecule has 0 saturated carbocycles. The lowest BCUT2D eigenvalue weighted by molar-refractivity contribution is 0.507. The van der Waals surface area contributed by atoms with E-state index in [9.17, 15) is 13.0 Å². The Hall–Kier alpha value is -0.810. The molecule has 0 aliphatic heterocycles. The minimum Gasteiger partial charge on any atom is -0.306 e. The molecule has 1 aromatic carbocycles. The normalized spacial score (nSPS) is 12.9. The Bertz CT molecular complexity index is 314. The van der Waals surface area contributed by atoms with E-state index >= 15 is 0 Å². The molecule has 12 heavy (non-hydrogen) atoms. The van der Waals surface area contributed by atoms with Crippen molar-refractivity contribution < 1.29 is 17.5 Å². The summed E-state index contributed by atoms with van der Waals surface area (Å²) in [4.78, 5) is 0. The molecule has 1 aromatic rings. The second-order valence-corrected chi connectivity index (χ2v) is 3.15. The first-order chi connectivity index (χ1) is 5.59. The maximum Gasteiger partial charge on any atom is 0.159 e. The fourth-order valence-corrected chi connectivity index (χ4v) is 1.24. The molecule has 1 unspecified atom stereocenters. The van der Waals surface area contributed by atoms with Crippen molar-refractivity contribution >= 4 is 11.1 Å². The van der Waals surface area contributed by atoms with Crippen LogP contribution in [0.15, 0.2) is 18.2 Å². The van der Waals surface area contributed by atoms with Crippen LogP contribution in [-0.4, -0.2) is 8.76 Å². The topological polar surface area (TPSA) is 37.3 Å². The summed E-state index contributed by atoms with van der Waals surface area (Å²) in [6.07, 6.45) is 0. The third-order valence-electron chi connectivity index (χ3n) is 1.27. The Balaban J connectivity index is 2.89. The van der Waals surface area contributed by atoms with Crippen LogP contribution in [0.5, 0.6) is 0 Å². The van der Waals surface area contributed by atoms with Gasteiger partial charge in [-0.15, -0.1) is 0 Å². The zero-order chi connectivity index (χ0) is 9.14. The second-order valence-electron chi connectivity index (χ2n) is 2.21. The zero-order valence-corrected chi connectivity index (χ0v) is 6.78. The van der Waals surface area contributed by atoms with Crippen molar-refractivity contribution in [2.75, 3.05) is 0 Å².